The molecule has 0 aromatic heterocycles. The van der Waals surface area contributed by atoms with Crippen molar-refractivity contribution < 1.29 is 0 Å². The van der Waals surface area contributed by atoms with E-state index < -0.39 is 0 Å². The lowest BCUT2D eigenvalue weighted by Gasteiger charge is -2.45. The van der Waals surface area contributed by atoms with E-state index in [1.54, 1.807) is 0 Å². The van der Waals surface area contributed by atoms with E-state index >= 15 is 0 Å². The molecule has 0 aliphatic carbocycles. The summed E-state index contributed by atoms with van der Waals surface area (Å²) in [5.41, 5.74) is 5.46. The average molecular weight is 223 g/mol. The van der Waals surface area contributed by atoms with Gasteiger partial charge < -0.3 is 10.6 Å². The third kappa shape index (κ3) is 2.84. The molecule has 16 heavy (non-hydrogen) atoms. The largest absolute Gasteiger partial charge is 0.327 e. The molecule has 2 rings (SSSR count). The Morgan fingerprint density at radius 3 is 2.94 bits per heavy atom. The van der Waals surface area contributed by atoms with Gasteiger partial charge >= 0.3 is 0 Å². The van der Waals surface area contributed by atoms with Crippen LogP contribution in [0.5, 0.6) is 0 Å². The monoisotopic (exact) mass is 223 g/mol. The zero-order valence-corrected chi connectivity index (χ0v) is 10.4. The smallest absolute Gasteiger partial charge is 0.0163 e. The number of nitrogens with zero attached hydrogens (tertiary/aromatic N) is 2. The maximum absolute atomic E-state index is 5.46. The van der Waals surface area contributed by atoms with Gasteiger partial charge in [-0.05, 0) is 45.3 Å². The summed E-state index contributed by atoms with van der Waals surface area (Å²) in [5, 5.41) is 0. The van der Waals surface area contributed by atoms with Gasteiger partial charge in [-0.2, -0.15) is 0 Å². The lowest BCUT2D eigenvalue weighted by Crippen LogP contribution is -2.52. The van der Waals surface area contributed by atoms with Crippen molar-refractivity contribution >= 4 is 0 Å². The van der Waals surface area contributed by atoms with Gasteiger partial charge in [-0.15, -0.1) is 0 Å². The molecule has 0 aromatic rings. The predicted molar refractivity (Wildman–Crippen MR) is 68.4 cm³/mol. The highest BCUT2D eigenvalue weighted by Gasteiger charge is 2.33. The molecule has 2 aliphatic rings. The number of nitrogens with two attached hydrogens (primary N) is 1. The Labute approximate surface area is 99.3 Å². The molecule has 2 fully saturated rings. The van der Waals surface area contributed by atoms with Crippen molar-refractivity contribution in [3.05, 3.63) is 12.2 Å². The predicted octanol–water partition coefficient (Wildman–Crippen LogP) is 0.917. The molecule has 3 heteroatoms. The number of hydrogen-bond donors (Lipinski definition) is 1. The summed E-state index contributed by atoms with van der Waals surface area (Å²) in [7, 11) is 2.29. The first-order chi connectivity index (χ1) is 7.81. The maximum atomic E-state index is 5.46. The minimum atomic E-state index is 0.669. The summed E-state index contributed by atoms with van der Waals surface area (Å²) in [6, 6.07) is 0.850. The van der Waals surface area contributed by atoms with E-state index in [0.29, 0.717) is 6.54 Å². The fraction of sp³-hybridized carbons (Fsp3) is 0.846. The average Bonchev–Trinajstić information content (AvgIpc) is 2.30. The Balaban J connectivity index is 1.83. The van der Waals surface area contributed by atoms with Crippen molar-refractivity contribution in [3.8, 4) is 0 Å². The summed E-state index contributed by atoms with van der Waals surface area (Å²) in [5.74, 6) is 0.902. The number of hydrogen-bond acceptors (Lipinski definition) is 3. The highest BCUT2D eigenvalue weighted by Crippen LogP contribution is 2.29. The fourth-order valence-corrected chi connectivity index (χ4v) is 3.21. The first-order valence-electron chi connectivity index (χ1n) is 6.59. The van der Waals surface area contributed by atoms with E-state index in [-0.39, 0.29) is 0 Å². The Morgan fingerprint density at radius 1 is 1.25 bits per heavy atom. The molecule has 92 valence electrons. The van der Waals surface area contributed by atoms with Crippen molar-refractivity contribution in [1.29, 1.82) is 0 Å². The molecule has 0 aromatic carbocycles. The quantitative estimate of drug-likeness (QED) is 0.722. The van der Waals surface area contributed by atoms with Crippen molar-refractivity contribution in [3.63, 3.8) is 0 Å². The molecule has 2 aliphatic heterocycles. The van der Waals surface area contributed by atoms with E-state index in [0.717, 1.165) is 18.5 Å². The molecule has 3 nitrogen and oxygen atoms in total. The van der Waals surface area contributed by atoms with Crippen LogP contribution in [0.15, 0.2) is 12.2 Å². The van der Waals surface area contributed by atoms with Gasteiger partial charge in [0.15, 0.2) is 0 Å². The topological polar surface area (TPSA) is 32.5 Å². The van der Waals surface area contributed by atoms with Crippen LogP contribution in [0.4, 0.5) is 0 Å². The fourth-order valence-electron chi connectivity index (χ4n) is 3.21. The second-order valence-corrected chi connectivity index (χ2v) is 5.21. The van der Waals surface area contributed by atoms with E-state index in [2.05, 4.69) is 29.0 Å². The van der Waals surface area contributed by atoms with Crippen molar-refractivity contribution in [2.45, 2.75) is 25.3 Å². The maximum Gasteiger partial charge on any atom is 0.0163 e. The normalized spacial score (nSPS) is 33.1. The second-order valence-electron chi connectivity index (χ2n) is 5.21. The van der Waals surface area contributed by atoms with Crippen LogP contribution in [-0.4, -0.2) is 55.6 Å². The zero-order chi connectivity index (χ0) is 11.4. The second kappa shape index (κ2) is 5.80. The van der Waals surface area contributed by atoms with E-state index in [4.69, 9.17) is 5.73 Å². The number of fused-ring (bicyclic) bond motifs is 1. The molecule has 0 radical (unpaired) electrons. The summed E-state index contributed by atoms with van der Waals surface area (Å²) in [4.78, 5) is 5.15. The van der Waals surface area contributed by atoms with Crippen molar-refractivity contribution in [2.75, 3.05) is 39.8 Å². The van der Waals surface area contributed by atoms with Crippen LogP contribution in [0, 0.1) is 5.92 Å². The van der Waals surface area contributed by atoms with Crippen molar-refractivity contribution in [1.82, 2.24) is 9.80 Å². The van der Waals surface area contributed by atoms with Crippen LogP contribution in [0.1, 0.15) is 19.3 Å². The third-order valence-electron chi connectivity index (χ3n) is 4.10. The number of likely N-dealkylation sites (tertiary alicyclic amines) is 2. The molecule has 0 saturated carbocycles. The van der Waals surface area contributed by atoms with Gasteiger partial charge in [0.25, 0.3) is 0 Å². The van der Waals surface area contributed by atoms with Crippen LogP contribution in [0.2, 0.25) is 0 Å². The van der Waals surface area contributed by atoms with Gasteiger partial charge in [-0.3, -0.25) is 4.90 Å². The molecular weight excluding hydrogens is 198 g/mol. The summed E-state index contributed by atoms with van der Waals surface area (Å²) in [6.07, 6.45) is 8.43. The molecular formula is C13H25N3. The van der Waals surface area contributed by atoms with Crippen LogP contribution in [0.25, 0.3) is 0 Å². The summed E-state index contributed by atoms with van der Waals surface area (Å²) < 4.78 is 0. The van der Waals surface area contributed by atoms with Gasteiger partial charge in [0.05, 0.1) is 0 Å². The standard InChI is InChI=1S/C13H25N3/c1-15-8-4-5-12-11-16(9-3-2-7-14)10-6-13(12)15/h2-3,12-13H,4-11,14H2,1H3/b3-2+. The van der Waals surface area contributed by atoms with E-state index in [1.165, 1.54) is 38.9 Å². The highest BCUT2D eigenvalue weighted by atomic mass is 15.2. The Kier molecular flexibility index (Phi) is 4.38. The first-order valence-corrected chi connectivity index (χ1v) is 6.59. The minimum absolute atomic E-state index is 0.669. The summed E-state index contributed by atoms with van der Waals surface area (Å²) in [6.45, 7) is 5.59. The lowest BCUT2D eigenvalue weighted by molar-refractivity contribution is 0.0433. The molecule has 2 atom stereocenters. The van der Waals surface area contributed by atoms with Crippen molar-refractivity contribution in [2.24, 2.45) is 11.7 Å². The molecule has 0 spiro atoms. The zero-order valence-electron chi connectivity index (χ0n) is 10.4. The van der Waals surface area contributed by atoms with Gasteiger partial charge in [0.1, 0.15) is 0 Å². The number of piperidine rings is 2. The number of rotatable bonds is 3. The van der Waals surface area contributed by atoms with Gasteiger partial charge in [0, 0.05) is 25.7 Å². The molecule has 2 saturated heterocycles. The minimum Gasteiger partial charge on any atom is -0.327 e. The van der Waals surface area contributed by atoms with Gasteiger partial charge in [0.2, 0.25) is 0 Å². The first kappa shape index (κ1) is 12.1. The van der Waals surface area contributed by atoms with Crippen LogP contribution >= 0.6 is 0 Å². The molecule has 2 unspecified atom stereocenters. The van der Waals surface area contributed by atoms with Crippen LogP contribution in [0.3, 0.4) is 0 Å². The van der Waals surface area contributed by atoms with Crippen LogP contribution in [-0.2, 0) is 0 Å². The highest BCUT2D eigenvalue weighted by molar-refractivity contribution is 4.92. The SMILES string of the molecule is CN1CCCC2CN(C/C=C/CN)CCC21. The Morgan fingerprint density at radius 2 is 2.12 bits per heavy atom. The Bertz CT molecular complexity index is 239. The third-order valence-corrected chi connectivity index (χ3v) is 4.10. The molecule has 2 N–H and O–H groups in total. The van der Waals surface area contributed by atoms with Gasteiger partial charge in [-0.25, -0.2) is 0 Å². The summed E-state index contributed by atoms with van der Waals surface area (Å²) >= 11 is 0. The molecule has 2 heterocycles. The van der Waals surface area contributed by atoms with E-state index in [1.807, 2.05) is 0 Å². The van der Waals surface area contributed by atoms with Crippen LogP contribution < -0.4 is 5.73 Å². The van der Waals surface area contributed by atoms with Gasteiger partial charge in [-0.1, -0.05) is 12.2 Å². The molecule has 0 amide bonds. The van der Waals surface area contributed by atoms with E-state index in [9.17, 15) is 0 Å². The molecule has 0 bridgehead atoms. The lowest BCUT2D eigenvalue weighted by atomic mass is 9.84. The Hall–Kier alpha value is -0.380.